The van der Waals surface area contributed by atoms with Crippen LogP contribution in [0.3, 0.4) is 0 Å². The van der Waals surface area contributed by atoms with Crippen LogP contribution in [0.1, 0.15) is 24.1 Å². The molecule has 0 saturated carbocycles. The highest BCUT2D eigenvalue weighted by atomic mass is 35.5. The van der Waals surface area contributed by atoms with Crippen LogP contribution in [0.5, 0.6) is 11.5 Å². The van der Waals surface area contributed by atoms with Gasteiger partial charge in [-0.05, 0) is 31.5 Å². The van der Waals surface area contributed by atoms with Gasteiger partial charge in [0.25, 0.3) is 0 Å². The lowest BCUT2D eigenvalue weighted by atomic mass is 9.97. The molecule has 0 radical (unpaired) electrons. The first kappa shape index (κ1) is 20.4. The van der Waals surface area contributed by atoms with Crippen molar-refractivity contribution in [1.82, 2.24) is 0 Å². The highest BCUT2D eigenvalue weighted by Gasteiger charge is 2.49. The average Bonchev–Trinajstić information content (AvgIpc) is 2.45. The number of alkyl halides is 2. The molecule has 0 bridgehead atoms. The summed E-state index contributed by atoms with van der Waals surface area (Å²) in [6.45, 7) is 3.03. The van der Waals surface area contributed by atoms with Crippen LogP contribution >= 0.6 is 12.4 Å². The molecule has 1 rings (SSSR count). The summed E-state index contributed by atoms with van der Waals surface area (Å²) >= 11 is 0. The van der Waals surface area contributed by atoms with Crippen molar-refractivity contribution in [1.29, 1.82) is 0 Å². The summed E-state index contributed by atoms with van der Waals surface area (Å²) in [4.78, 5) is 11.4. The summed E-state index contributed by atoms with van der Waals surface area (Å²) in [6, 6.07) is 1.14. The molecular formula is C14H20ClF2NO4. The van der Waals surface area contributed by atoms with E-state index in [-0.39, 0.29) is 36.1 Å². The van der Waals surface area contributed by atoms with Gasteiger partial charge in [0.05, 0.1) is 26.4 Å². The van der Waals surface area contributed by atoms with Gasteiger partial charge in [-0.1, -0.05) is 0 Å². The fourth-order valence-corrected chi connectivity index (χ4v) is 1.91. The quantitative estimate of drug-likeness (QED) is 0.807. The molecule has 126 valence electrons. The number of carbonyl (C=O) groups is 1. The number of ether oxygens (including phenoxy) is 3. The van der Waals surface area contributed by atoms with Crippen LogP contribution in [0.2, 0.25) is 0 Å². The molecule has 0 heterocycles. The lowest BCUT2D eigenvalue weighted by Gasteiger charge is -2.25. The maximum atomic E-state index is 14.1. The second-order valence-electron chi connectivity index (χ2n) is 4.40. The van der Waals surface area contributed by atoms with E-state index in [1.54, 1.807) is 19.1 Å². The van der Waals surface area contributed by atoms with Gasteiger partial charge in [0.15, 0.2) is 0 Å². The molecule has 0 aliphatic rings. The van der Waals surface area contributed by atoms with E-state index in [2.05, 4.69) is 4.74 Å². The highest BCUT2D eigenvalue weighted by molar-refractivity contribution is 5.85. The first-order valence-corrected chi connectivity index (χ1v) is 6.32. The van der Waals surface area contributed by atoms with E-state index < -0.39 is 17.9 Å². The Labute approximate surface area is 134 Å². The van der Waals surface area contributed by atoms with E-state index in [0.29, 0.717) is 0 Å². The van der Waals surface area contributed by atoms with Crippen molar-refractivity contribution in [2.45, 2.75) is 25.8 Å². The van der Waals surface area contributed by atoms with Crippen LogP contribution in [0, 0.1) is 6.92 Å². The molecule has 2 N–H and O–H groups in total. The van der Waals surface area contributed by atoms with Gasteiger partial charge in [0.1, 0.15) is 17.5 Å². The highest BCUT2D eigenvalue weighted by Crippen LogP contribution is 2.41. The third kappa shape index (κ3) is 3.98. The van der Waals surface area contributed by atoms with Gasteiger partial charge in [-0.15, -0.1) is 12.4 Å². The van der Waals surface area contributed by atoms with E-state index in [4.69, 9.17) is 15.2 Å². The molecule has 0 amide bonds. The molecule has 0 aliphatic heterocycles. The zero-order valence-corrected chi connectivity index (χ0v) is 13.6. The molecule has 0 aromatic heterocycles. The fraction of sp³-hybridized carbons (Fsp3) is 0.500. The molecule has 0 spiro atoms. The second-order valence-corrected chi connectivity index (χ2v) is 4.40. The first-order chi connectivity index (χ1) is 9.79. The molecule has 8 heteroatoms. The van der Waals surface area contributed by atoms with Crippen molar-refractivity contribution in [3.8, 4) is 11.5 Å². The zero-order valence-electron chi connectivity index (χ0n) is 12.8. The van der Waals surface area contributed by atoms with Gasteiger partial charge < -0.3 is 19.9 Å². The number of esters is 1. The molecular weight excluding hydrogens is 320 g/mol. The molecule has 0 aliphatic carbocycles. The molecule has 22 heavy (non-hydrogen) atoms. The molecule has 0 unspecified atom stereocenters. The standard InChI is InChI=1S/C14H19F2NO4.ClH/c1-5-21-13(18)14(15,16)12(17)11-9(19-3)6-8(2)7-10(11)20-4;/h6-7,12H,5,17H2,1-4H3;1H/t12-;/m1./s1. The average molecular weight is 340 g/mol. The summed E-state index contributed by atoms with van der Waals surface area (Å²) < 4.78 is 42.7. The van der Waals surface area contributed by atoms with E-state index in [1.165, 1.54) is 21.1 Å². The van der Waals surface area contributed by atoms with Crippen LogP contribution in [-0.2, 0) is 9.53 Å². The lowest BCUT2D eigenvalue weighted by molar-refractivity contribution is -0.174. The van der Waals surface area contributed by atoms with Crippen molar-refractivity contribution in [3.05, 3.63) is 23.3 Å². The van der Waals surface area contributed by atoms with Crippen molar-refractivity contribution >= 4 is 18.4 Å². The van der Waals surface area contributed by atoms with Crippen molar-refractivity contribution in [2.24, 2.45) is 5.73 Å². The SMILES string of the molecule is CCOC(=O)C(F)(F)[C@H](N)c1c(OC)cc(C)cc1OC.Cl. The fourth-order valence-electron chi connectivity index (χ4n) is 1.91. The Hall–Kier alpha value is -1.60. The molecule has 1 atom stereocenters. The maximum absolute atomic E-state index is 14.1. The number of methoxy groups -OCH3 is 2. The van der Waals surface area contributed by atoms with Crippen molar-refractivity contribution < 1.29 is 27.8 Å². The minimum Gasteiger partial charge on any atom is -0.496 e. The van der Waals surface area contributed by atoms with Crippen LogP contribution in [0.25, 0.3) is 0 Å². The summed E-state index contributed by atoms with van der Waals surface area (Å²) in [7, 11) is 2.65. The third-order valence-electron chi connectivity index (χ3n) is 2.94. The summed E-state index contributed by atoms with van der Waals surface area (Å²) in [5, 5.41) is 0. The lowest BCUT2D eigenvalue weighted by Crippen LogP contribution is -2.42. The Morgan fingerprint density at radius 2 is 1.73 bits per heavy atom. The van der Waals surface area contributed by atoms with Crippen LogP contribution in [0.15, 0.2) is 12.1 Å². The maximum Gasteiger partial charge on any atom is 0.379 e. The number of benzene rings is 1. The first-order valence-electron chi connectivity index (χ1n) is 6.32. The number of nitrogens with two attached hydrogens (primary N) is 1. The van der Waals surface area contributed by atoms with Gasteiger partial charge in [-0.2, -0.15) is 8.78 Å². The molecule has 1 aromatic carbocycles. The number of aryl methyl sites for hydroxylation is 1. The van der Waals surface area contributed by atoms with Gasteiger partial charge in [0.2, 0.25) is 0 Å². The van der Waals surface area contributed by atoms with Crippen molar-refractivity contribution in [3.63, 3.8) is 0 Å². The predicted molar refractivity (Wildman–Crippen MR) is 80.0 cm³/mol. The Bertz CT molecular complexity index is 501. The number of carbonyl (C=O) groups excluding carboxylic acids is 1. The minimum absolute atomic E-state index is 0. The van der Waals surface area contributed by atoms with Gasteiger partial charge >= 0.3 is 11.9 Å². The van der Waals surface area contributed by atoms with Gasteiger partial charge in [-0.25, -0.2) is 4.79 Å². The van der Waals surface area contributed by atoms with Gasteiger partial charge in [-0.3, -0.25) is 0 Å². The molecule has 0 fully saturated rings. The number of hydrogen-bond donors (Lipinski definition) is 1. The number of rotatable bonds is 6. The van der Waals surface area contributed by atoms with Crippen molar-refractivity contribution in [2.75, 3.05) is 20.8 Å². The summed E-state index contributed by atoms with van der Waals surface area (Å²) in [5.41, 5.74) is 6.27. The summed E-state index contributed by atoms with van der Waals surface area (Å²) in [5.74, 6) is -5.32. The Balaban J connectivity index is 0.00000441. The van der Waals surface area contributed by atoms with Gasteiger partial charge in [0, 0.05) is 0 Å². The van der Waals surface area contributed by atoms with Crippen LogP contribution in [0.4, 0.5) is 8.78 Å². The Morgan fingerprint density at radius 3 is 2.09 bits per heavy atom. The normalized spacial score (nSPS) is 12.1. The van der Waals surface area contributed by atoms with Crippen LogP contribution < -0.4 is 15.2 Å². The van der Waals surface area contributed by atoms with E-state index in [0.717, 1.165) is 5.56 Å². The molecule has 5 nitrogen and oxygen atoms in total. The van der Waals surface area contributed by atoms with Crippen LogP contribution in [-0.4, -0.2) is 32.7 Å². The third-order valence-corrected chi connectivity index (χ3v) is 2.94. The smallest absolute Gasteiger partial charge is 0.379 e. The number of halogens is 3. The van der Waals surface area contributed by atoms with E-state index >= 15 is 0 Å². The Kier molecular flexibility index (Phi) is 7.55. The largest absolute Gasteiger partial charge is 0.496 e. The predicted octanol–water partition coefficient (Wildman–Crippen LogP) is 2.63. The van der Waals surface area contributed by atoms with E-state index in [1.807, 2.05) is 0 Å². The monoisotopic (exact) mass is 339 g/mol. The second kappa shape index (κ2) is 8.14. The molecule has 1 aromatic rings. The summed E-state index contributed by atoms with van der Waals surface area (Å²) in [6.07, 6.45) is 0. The molecule has 0 saturated heterocycles. The topological polar surface area (TPSA) is 70.8 Å². The number of hydrogen-bond acceptors (Lipinski definition) is 5. The zero-order chi connectivity index (χ0) is 16.2. The Morgan fingerprint density at radius 1 is 1.27 bits per heavy atom. The minimum atomic E-state index is -3.90. The van der Waals surface area contributed by atoms with E-state index in [9.17, 15) is 13.6 Å².